The lowest BCUT2D eigenvalue weighted by molar-refractivity contribution is -0.177. The van der Waals surface area contributed by atoms with Gasteiger partial charge in [0.15, 0.2) is 28.8 Å². The molecule has 1 aliphatic carbocycles. The van der Waals surface area contributed by atoms with Gasteiger partial charge in [-0.05, 0) is 43.8 Å². The summed E-state index contributed by atoms with van der Waals surface area (Å²) < 4.78 is 28.5. The molecule has 1 aromatic carbocycles. The molecule has 4 aliphatic rings. The first-order chi connectivity index (χ1) is 15.3. The van der Waals surface area contributed by atoms with Gasteiger partial charge in [0, 0.05) is 17.9 Å². The van der Waals surface area contributed by atoms with Crippen molar-refractivity contribution >= 4 is 0 Å². The molecule has 0 saturated carbocycles. The average Bonchev–Trinajstić information content (AvgIpc) is 3.45. The van der Waals surface area contributed by atoms with Crippen molar-refractivity contribution in [1.29, 1.82) is 0 Å². The van der Waals surface area contributed by atoms with Gasteiger partial charge in [0.2, 0.25) is 6.29 Å². The fourth-order valence-corrected chi connectivity index (χ4v) is 5.48. The third-order valence-electron chi connectivity index (χ3n) is 7.26. The van der Waals surface area contributed by atoms with E-state index in [9.17, 15) is 15.3 Å². The van der Waals surface area contributed by atoms with Gasteiger partial charge >= 0.3 is 0 Å². The van der Waals surface area contributed by atoms with Gasteiger partial charge in [0.25, 0.3) is 0 Å². The maximum absolute atomic E-state index is 10.1. The van der Waals surface area contributed by atoms with Crippen LogP contribution in [0.5, 0.6) is 11.5 Å². The monoisotopic (exact) mass is 447 g/mol. The standard InChI is InChI=1S/C23H29NO8/c1-24-9-8-22(13-4-5-14(28-2)15(10-13)29-3)6-7-23(11-17(22)24)30-12-16(32-23)20-18(25)19(26)21(27)31-20/h4-7,10,16-17,20-21,25-27H,8-9,11-12H2,1-3H3/t16-,17-,20+,21?,22-,23?/m0/s1. The van der Waals surface area contributed by atoms with E-state index < -0.39 is 35.8 Å². The molecule has 3 N–H and O–H groups in total. The van der Waals surface area contributed by atoms with E-state index >= 15 is 0 Å². The van der Waals surface area contributed by atoms with Crippen LogP contribution in [0.15, 0.2) is 41.9 Å². The molecule has 9 nitrogen and oxygen atoms in total. The fourth-order valence-electron chi connectivity index (χ4n) is 5.48. The normalized spacial score (nSPS) is 39.1. The molecule has 0 radical (unpaired) electrons. The number of hydrogen-bond donors (Lipinski definition) is 3. The Morgan fingerprint density at radius 3 is 2.56 bits per heavy atom. The summed E-state index contributed by atoms with van der Waals surface area (Å²) in [6.45, 7) is 1.08. The molecule has 0 aromatic heterocycles. The highest BCUT2D eigenvalue weighted by molar-refractivity contribution is 5.49. The Bertz CT molecular complexity index is 963. The number of ether oxygens (including phenoxy) is 5. The highest BCUT2D eigenvalue weighted by Gasteiger charge is 2.56. The summed E-state index contributed by atoms with van der Waals surface area (Å²) in [5.74, 6) is -0.594. The number of fused-ring (bicyclic) bond motifs is 1. The molecule has 3 aliphatic heterocycles. The Hall–Kier alpha value is -2.30. The van der Waals surface area contributed by atoms with Crippen LogP contribution in [0.1, 0.15) is 18.4 Å². The lowest BCUT2D eigenvalue weighted by atomic mass is 9.68. The first-order valence-corrected chi connectivity index (χ1v) is 10.7. The van der Waals surface area contributed by atoms with Gasteiger partial charge in [-0.25, -0.2) is 0 Å². The van der Waals surface area contributed by atoms with Crippen LogP contribution in [0.4, 0.5) is 0 Å². The second kappa shape index (κ2) is 7.64. The molecule has 2 unspecified atom stereocenters. The number of methoxy groups -OCH3 is 2. The van der Waals surface area contributed by atoms with E-state index in [4.69, 9.17) is 23.7 Å². The number of likely N-dealkylation sites (tertiary alicyclic amines) is 1. The van der Waals surface area contributed by atoms with Crippen molar-refractivity contribution in [3.05, 3.63) is 47.4 Å². The molecule has 0 bridgehead atoms. The van der Waals surface area contributed by atoms with E-state index in [1.54, 1.807) is 14.2 Å². The largest absolute Gasteiger partial charge is 0.506 e. The molecule has 2 saturated heterocycles. The number of hydrogen-bond acceptors (Lipinski definition) is 9. The minimum absolute atomic E-state index is 0.108. The summed E-state index contributed by atoms with van der Waals surface area (Å²) in [7, 11) is 5.35. The predicted octanol–water partition coefficient (Wildman–Crippen LogP) is 1.76. The van der Waals surface area contributed by atoms with E-state index in [0.717, 1.165) is 18.5 Å². The molecule has 6 atom stereocenters. The molecule has 32 heavy (non-hydrogen) atoms. The Morgan fingerprint density at radius 2 is 1.88 bits per heavy atom. The van der Waals surface area contributed by atoms with Crippen molar-refractivity contribution < 1.29 is 39.0 Å². The third kappa shape index (κ3) is 3.11. The maximum atomic E-state index is 10.1. The van der Waals surface area contributed by atoms with Gasteiger partial charge in [0.05, 0.1) is 20.8 Å². The average molecular weight is 447 g/mol. The van der Waals surface area contributed by atoms with Gasteiger partial charge < -0.3 is 43.9 Å². The summed E-state index contributed by atoms with van der Waals surface area (Å²) in [6.07, 6.45) is 2.44. The lowest BCUT2D eigenvalue weighted by Gasteiger charge is -2.44. The first-order valence-electron chi connectivity index (χ1n) is 10.7. The summed E-state index contributed by atoms with van der Waals surface area (Å²) in [5, 5.41) is 29.5. The van der Waals surface area contributed by atoms with Crippen LogP contribution in [0, 0.1) is 0 Å². The van der Waals surface area contributed by atoms with E-state index in [0.29, 0.717) is 17.9 Å². The van der Waals surface area contributed by atoms with E-state index in [1.165, 1.54) is 0 Å². The number of rotatable bonds is 4. The van der Waals surface area contributed by atoms with Gasteiger partial charge in [-0.1, -0.05) is 12.1 Å². The summed E-state index contributed by atoms with van der Waals surface area (Å²) in [4.78, 5) is 2.31. The maximum Gasteiger partial charge on any atom is 0.218 e. The zero-order valence-corrected chi connectivity index (χ0v) is 18.4. The minimum Gasteiger partial charge on any atom is -0.506 e. The molecular weight excluding hydrogens is 418 g/mol. The zero-order valence-electron chi connectivity index (χ0n) is 18.4. The van der Waals surface area contributed by atoms with E-state index in [2.05, 4.69) is 24.1 Å². The summed E-state index contributed by atoms with van der Waals surface area (Å²) in [6, 6.07) is 6.15. The highest BCUT2D eigenvalue weighted by Crippen LogP contribution is 2.51. The molecule has 5 rings (SSSR count). The molecule has 9 heteroatoms. The van der Waals surface area contributed by atoms with Crippen molar-refractivity contribution in [3.63, 3.8) is 0 Å². The number of nitrogens with zero attached hydrogens (tertiary/aromatic N) is 1. The number of aliphatic hydroxyl groups is 3. The predicted molar refractivity (Wildman–Crippen MR) is 113 cm³/mol. The van der Waals surface area contributed by atoms with Gasteiger partial charge in [-0.2, -0.15) is 0 Å². The van der Waals surface area contributed by atoms with Crippen molar-refractivity contribution in [1.82, 2.24) is 4.90 Å². The van der Waals surface area contributed by atoms with Gasteiger partial charge in [-0.15, -0.1) is 0 Å². The molecule has 174 valence electrons. The van der Waals surface area contributed by atoms with E-state index in [-0.39, 0.29) is 18.1 Å². The first kappa shape index (κ1) is 21.5. The topological polar surface area (TPSA) is 110 Å². The van der Waals surface area contributed by atoms with Gasteiger partial charge in [0.1, 0.15) is 12.2 Å². The minimum atomic E-state index is -1.55. The number of likely N-dealkylation sites (N-methyl/N-ethyl adjacent to an activating group) is 1. The van der Waals surface area contributed by atoms with Crippen LogP contribution < -0.4 is 9.47 Å². The van der Waals surface area contributed by atoms with Crippen LogP contribution in [0.2, 0.25) is 0 Å². The number of aliphatic hydroxyl groups excluding tert-OH is 3. The highest BCUT2D eigenvalue weighted by atomic mass is 16.8. The van der Waals surface area contributed by atoms with Crippen LogP contribution in [-0.4, -0.2) is 85.0 Å². The van der Waals surface area contributed by atoms with Crippen molar-refractivity contribution in [2.45, 2.75) is 48.6 Å². The van der Waals surface area contributed by atoms with Crippen LogP contribution >= 0.6 is 0 Å². The Balaban J connectivity index is 1.44. The molecule has 1 spiro atoms. The molecule has 0 amide bonds. The SMILES string of the molecule is COc1ccc([C@@]23C=CC4(C[C@@H]2N(C)CC3)OC[C@@H]([C@H]2OC(O)C(O)=C2O)O4)cc1OC. The quantitative estimate of drug-likeness (QED) is 0.595. The summed E-state index contributed by atoms with van der Waals surface area (Å²) in [5.41, 5.74) is 0.906. The fraction of sp³-hybridized carbons (Fsp3) is 0.565. The van der Waals surface area contributed by atoms with Crippen molar-refractivity contribution in [3.8, 4) is 11.5 Å². The molecule has 2 fully saturated rings. The van der Waals surface area contributed by atoms with E-state index in [1.807, 2.05) is 18.2 Å². The Kier molecular flexibility index (Phi) is 5.14. The van der Waals surface area contributed by atoms with Gasteiger partial charge in [-0.3, -0.25) is 0 Å². The smallest absolute Gasteiger partial charge is 0.218 e. The Labute approximate surface area is 186 Å². The third-order valence-corrected chi connectivity index (χ3v) is 7.26. The molecular formula is C23H29NO8. The Morgan fingerprint density at radius 1 is 1.09 bits per heavy atom. The zero-order chi connectivity index (χ0) is 22.7. The van der Waals surface area contributed by atoms with Crippen LogP contribution in [0.3, 0.4) is 0 Å². The van der Waals surface area contributed by atoms with Crippen molar-refractivity contribution in [2.24, 2.45) is 0 Å². The van der Waals surface area contributed by atoms with Crippen LogP contribution in [-0.2, 0) is 19.6 Å². The second-order valence-corrected chi connectivity index (χ2v) is 8.85. The summed E-state index contributed by atoms with van der Waals surface area (Å²) >= 11 is 0. The van der Waals surface area contributed by atoms with Crippen molar-refractivity contribution in [2.75, 3.05) is 34.4 Å². The second-order valence-electron chi connectivity index (χ2n) is 8.85. The molecule has 3 heterocycles. The lowest BCUT2D eigenvalue weighted by Crippen LogP contribution is -2.50. The number of benzene rings is 1. The van der Waals surface area contributed by atoms with Crippen LogP contribution in [0.25, 0.3) is 0 Å². The molecule has 1 aromatic rings.